The van der Waals surface area contributed by atoms with E-state index in [1.165, 1.54) is 24.3 Å². The Morgan fingerprint density at radius 3 is 2.54 bits per heavy atom. The van der Waals surface area contributed by atoms with E-state index in [2.05, 4.69) is 10.9 Å². The molecule has 1 atom stereocenters. The molecule has 10 heteroatoms. The van der Waals surface area contributed by atoms with Gasteiger partial charge < -0.3 is 9.15 Å². The summed E-state index contributed by atoms with van der Waals surface area (Å²) in [6, 6.07) is 14.1. The number of Topliss-reactive ketones (excluding diaryl/α,β-unsaturated/α-hetero) is 1. The second-order valence-electron chi connectivity index (χ2n) is 8.33. The number of hydrogen-bond acceptors (Lipinski definition) is 7. The second-order valence-corrected chi connectivity index (χ2v) is 10.3. The SMILES string of the molecule is Cc1ccc(OCC(=O)NNC(=O)c2ccc(CS(=O)(=O)c3ccccc3)o2)c2c1[C@@H](C)CC2=O. The van der Waals surface area contributed by atoms with Gasteiger partial charge in [-0.3, -0.25) is 25.2 Å². The minimum atomic E-state index is -3.64. The van der Waals surface area contributed by atoms with Crippen LogP contribution in [0, 0.1) is 6.92 Å². The van der Waals surface area contributed by atoms with Gasteiger partial charge in [-0.25, -0.2) is 8.42 Å². The lowest BCUT2D eigenvalue weighted by Gasteiger charge is -2.13. The maximum atomic E-state index is 12.5. The molecule has 0 saturated heterocycles. The van der Waals surface area contributed by atoms with Crippen LogP contribution in [-0.2, 0) is 20.4 Å². The third kappa shape index (κ3) is 5.27. The number of ketones is 1. The first-order valence-corrected chi connectivity index (χ1v) is 12.6. The molecule has 0 fully saturated rings. The molecule has 1 heterocycles. The molecule has 182 valence electrons. The van der Waals surface area contributed by atoms with Gasteiger partial charge in [0.15, 0.2) is 28.0 Å². The second kappa shape index (κ2) is 9.75. The maximum absolute atomic E-state index is 12.5. The van der Waals surface area contributed by atoms with Crippen molar-refractivity contribution in [2.75, 3.05) is 6.61 Å². The van der Waals surface area contributed by atoms with E-state index in [1.807, 2.05) is 19.9 Å². The van der Waals surface area contributed by atoms with Crippen LogP contribution in [0.3, 0.4) is 0 Å². The predicted octanol–water partition coefficient (Wildman–Crippen LogP) is 3.09. The highest BCUT2D eigenvalue weighted by Crippen LogP contribution is 2.40. The molecular formula is C25H24N2O7S. The van der Waals surface area contributed by atoms with E-state index in [0.29, 0.717) is 17.7 Å². The first-order valence-electron chi connectivity index (χ1n) is 10.9. The van der Waals surface area contributed by atoms with Crippen molar-refractivity contribution >= 4 is 27.4 Å². The number of furan rings is 1. The van der Waals surface area contributed by atoms with E-state index in [-0.39, 0.29) is 28.1 Å². The van der Waals surface area contributed by atoms with Gasteiger partial charge in [-0.15, -0.1) is 0 Å². The van der Waals surface area contributed by atoms with Crippen LogP contribution in [-0.4, -0.2) is 32.6 Å². The van der Waals surface area contributed by atoms with Gasteiger partial charge in [-0.05, 0) is 54.3 Å². The Morgan fingerprint density at radius 2 is 1.80 bits per heavy atom. The van der Waals surface area contributed by atoms with E-state index in [4.69, 9.17) is 9.15 Å². The summed E-state index contributed by atoms with van der Waals surface area (Å²) in [7, 11) is -3.64. The third-order valence-electron chi connectivity index (χ3n) is 5.68. The Kier molecular flexibility index (Phi) is 6.74. The lowest BCUT2D eigenvalue weighted by atomic mass is 9.97. The van der Waals surface area contributed by atoms with Gasteiger partial charge in [0.25, 0.3) is 5.91 Å². The average Bonchev–Trinajstić information content (AvgIpc) is 3.41. The molecule has 1 aromatic heterocycles. The lowest BCUT2D eigenvalue weighted by molar-refractivity contribution is -0.123. The summed E-state index contributed by atoms with van der Waals surface area (Å²) >= 11 is 0. The molecule has 1 aliphatic carbocycles. The number of benzene rings is 2. The van der Waals surface area contributed by atoms with E-state index >= 15 is 0 Å². The monoisotopic (exact) mass is 496 g/mol. The molecule has 0 bridgehead atoms. The van der Waals surface area contributed by atoms with Gasteiger partial charge in [0, 0.05) is 6.42 Å². The molecule has 0 saturated carbocycles. The summed E-state index contributed by atoms with van der Waals surface area (Å²) in [5.74, 6) is -1.51. The molecule has 35 heavy (non-hydrogen) atoms. The lowest BCUT2D eigenvalue weighted by Crippen LogP contribution is -2.43. The number of carbonyl (C=O) groups excluding carboxylic acids is 3. The molecule has 0 spiro atoms. The largest absolute Gasteiger partial charge is 0.483 e. The number of hydrazine groups is 1. The van der Waals surface area contributed by atoms with Crippen LogP contribution in [0.1, 0.15) is 57.1 Å². The Hall–Kier alpha value is -3.92. The molecule has 1 aliphatic rings. The van der Waals surface area contributed by atoms with Crippen LogP contribution >= 0.6 is 0 Å². The fraction of sp³-hybridized carbons (Fsp3) is 0.240. The average molecular weight is 497 g/mol. The molecule has 0 radical (unpaired) electrons. The summed E-state index contributed by atoms with van der Waals surface area (Å²) in [6.07, 6.45) is 0.399. The smallest absolute Gasteiger partial charge is 0.305 e. The minimum absolute atomic E-state index is 0.0252. The molecule has 2 N–H and O–H groups in total. The zero-order chi connectivity index (χ0) is 25.2. The van der Waals surface area contributed by atoms with E-state index in [9.17, 15) is 22.8 Å². The highest BCUT2D eigenvalue weighted by Gasteiger charge is 2.31. The van der Waals surface area contributed by atoms with Crippen LogP contribution in [0.5, 0.6) is 5.75 Å². The fourth-order valence-corrected chi connectivity index (χ4v) is 5.34. The number of ether oxygens (including phenoxy) is 1. The maximum Gasteiger partial charge on any atom is 0.305 e. The van der Waals surface area contributed by atoms with Gasteiger partial charge in [0.05, 0.1) is 10.5 Å². The third-order valence-corrected chi connectivity index (χ3v) is 7.34. The van der Waals surface area contributed by atoms with Gasteiger partial charge in [-0.1, -0.05) is 31.2 Å². The zero-order valence-electron chi connectivity index (χ0n) is 19.2. The van der Waals surface area contributed by atoms with Crippen molar-refractivity contribution in [1.82, 2.24) is 10.9 Å². The quantitative estimate of drug-likeness (QED) is 0.481. The number of hydrogen-bond donors (Lipinski definition) is 2. The van der Waals surface area contributed by atoms with Crippen molar-refractivity contribution in [3.05, 3.63) is 82.8 Å². The number of sulfone groups is 1. The highest BCUT2D eigenvalue weighted by atomic mass is 32.2. The number of aryl methyl sites for hydroxylation is 1. The van der Waals surface area contributed by atoms with Gasteiger partial charge in [0.2, 0.25) is 0 Å². The van der Waals surface area contributed by atoms with Crippen molar-refractivity contribution in [2.45, 2.75) is 36.8 Å². The minimum Gasteiger partial charge on any atom is -0.483 e. The van der Waals surface area contributed by atoms with Crippen molar-refractivity contribution in [3.8, 4) is 5.75 Å². The summed E-state index contributed by atoms with van der Waals surface area (Å²) in [4.78, 5) is 36.9. The first kappa shape index (κ1) is 24.2. The summed E-state index contributed by atoms with van der Waals surface area (Å²) in [5.41, 5.74) is 6.83. The van der Waals surface area contributed by atoms with Crippen LogP contribution in [0.25, 0.3) is 0 Å². The summed E-state index contributed by atoms with van der Waals surface area (Å²) in [6.45, 7) is 3.48. The summed E-state index contributed by atoms with van der Waals surface area (Å²) < 4.78 is 35.8. The number of rotatable bonds is 7. The highest BCUT2D eigenvalue weighted by molar-refractivity contribution is 7.90. The van der Waals surface area contributed by atoms with E-state index in [0.717, 1.165) is 11.1 Å². The Bertz CT molecular complexity index is 1390. The Morgan fingerprint density at radius 1 is 1.06 bits per heavy atom. The Labute approximate surface area is 202 Å². The molecule has 9 nitrogen and oxygen atoms in total. The number of fused-ring (bicyclic) bond motifs is 1. The molecule has 4 rings (SSSR count). The van der Waals surface area contributed by atoms with E-state index < -0.39 is 34.0 Å². The van der Waals surface area contributed by atoms with Crippen LogP contribution in [0.15, 0.2) is 63.9 Å². The predicted molar refractivity (Wildman–Crippen MR) is 126 cm³/mol. The molecular weight excluding hydrogens is 472 g/mol. The standard InChI is InChI=1S/C25H24N2O7S/c1-15-8-10-20(24-19(28)12-16(2)23(15)24)33-13-22(29)26-27-25(30)21-11-9-17(34-21)14-35(31,32)18-6-4-3-5-7-18/h3-11,16H,12-14H2,1-2H3,(H,26,29)(H,27,30)/t16-/m0/s1. The topological polar surface area (TPSA) is 132 Å². The van der Waals surface area contributed by atoms with E-state index in [1.54, 1.807) is 24.3 Å². The van der Waals surface area contributed by atoms with Crippen molar-refractivity contribution in [1.29, 1.82) is 0 Å². The molecule has 2 amide bonds. The molecule has 3 aromatic rings. The number of nitrogens with one attached hydrogen (secondary N) is 2. The van der Waals surface area contributed by atoms with Crippen molar-refractivity contribution in [3.63, 3.8) is 0 Å². The summed E-state index contributed by atoms with van der Waals surface area (Å²) in [5, 5.41) is 0. The Balaban J connectivity index is 1.31. The molecule has 0 unspecified atom stereocenters. The first-order chi connectivity index (χ1) is 16.7. The van der Waals surface area contributed by atoms with Crippen LogP contribution < -0.4 is 15.6 Å². The molecule has 2 aromatic carbocycles. The van der Waals surface area contributed by atoms with Crippen LogP contribution in [0.4, 0.5) is 0 Å². The van der Waals surface area contributed by atoms with Crippen molar-refractivity contribution < 1.29 is 32.0 Å². The van der Waals surface area contributed by atoms with Crippen molar-refractivity contribution in [2.24, 2.45) is 0 Å². The van der Waals surface area contributed by atoms with Crippen LogP contribution in [0.2, 0.25) is 0 Å². The van der Waals surface area contributed by atoms with Gasteiger partial charge >= 0.3 is 5.91 Å². The normalized spacial score (nSPS) is 14.9. The zero-order valence-corrected chi connectivity index (χ0v) is 20.0. The molecule has 0 aliphatic heterocycles. The van der Waals surface area contributed by atoms with Gasteiger partial charge in [0.1, 0.15) is 17.3 Å². The number of amides is 2. The fourth-order valence-electron chi connectivity index (χ4n) is 4.07. The number of carbonyl (C=O) groups is 3. The van der Waals surface area contributed by atoms with Gasteiger partial charge in [-0.2, -0.15) is 0 Å².